The molecule has 1 N–H and O–H groups in total. The Morgan fingerprint density at radius 3 is 2.57 bits per heavy atom. The molecular weight excluding hydrogens is 292 g/mol. The van der Waals surface area contributed by atoms with E-state index in [9.17, 15) is 9.59 Å². The van der Waals surface area contributed by atoms with E-state index < -0.39 is 11.7 Å². The standard InChI is InChI=1S/C15H21ClN2O3/c1-10-11(7-8-13(16)18-10)12(19)6-5-9-17-14(20)21-15(2,3)4/h7-8H,5-6,9H2,1-4H3,(H,17,20). The number of ketones is 1. The largest absolute Gasteiger partial charge is 0.444 e. The van der Waals surface area contributed by atoms with E-state index in [1.54, 1.807) is 39.8 Å². The van der Waals surface area contributed by atoms with Gasteiger partial charge in [0, 0.05) is 24.2 Å². The minimum absolute atomic E-state index is 0.0114. The topological polar surface area (TPSA) is 68.3 Å². The summed E-state index contributed by atoms with van der Waals surface area (Å²) in [6, 6.07) is 3.27. The fraction of sp³-hybridized carbons (Fsp3) is 0.533. The number of rotatable bonds is 5. The van der Waals surface area contributed by atoms with Crippen LogP contribution in [0.5, 0.6) is 0 Å². The summed E-state index contributed by atoms with van der Waals surface area (Å²) >= 11 is 5.75. The maximum Gasteiger partial charge on any atom is 0.407 e. The van der Waals surface area contributed by atoms with Crippen molar-refractivity contribution < 1.29 is 14.3 Å². The Morgan fingerprint density at radius 2 is 2.00 bits per heavy atom. The first-order valence-electron chi connectivity index (χ1n) is 6.82. The van der Waals surface area contributed by atoms with Crippen LogP contribution in [0.15, 0.2) is 12.1 Å². The number of hydrogen-bond donors (Lipinski definition) is 1. The molecule has 5 nitrogen and oxygen atoms in total. The van der Waals surface area contributed by atoms with Crippen molar-refractivity contribution in [3.8, 4) is 0 Å². The molecule has 0 radical (unpaired) electrons. The van der Waals surface area contributed by atoms with Gasteiger partial charge in [0.05, 0.1) is 0 Å². The fourth-order valence-corrected chi connectivity index (χ4v) is 1.90. The lowest BCUT2D eigenvalue weighted by molar-refractivity contribution is 0.0525. The van der Waals surface area contributed by atoms with Crippen molar-refractivity contribution in [2.24, 2.45) is 0 Å². The number of hydrogen-bond acceptors (Lipinski definition) is 4. The molecule has 0 aliphatic rings. The van der Waals surface area contributed by atoms with Gasteiger partial charge < -0.3 is 10.1 Å². The molecule has 0 spiro atoms. The molecule has 1 amide bonds. The summed E-state index contributed by atoms with van der Waals surface area (Å²) in [4.78, 5) is 27.5. The third kappa shape index (κ3) is 6.58. The molecular formula is C15H21ClN2O3. The van der Waals surface area contributed by atoms with Crippen LogP contribution in [0.4, 0.5) is 4.79 Å². The maximum absolute atomic E-state index is 12.0. The van der Waals surface area contributed by atoms with E-state index in [0.717, 1.165) is 0 Å². The zero-order valence-electron chi connectivity index (χ0n) is 12.8. The number of halogens is 1. The summed E-state index contributed by atoms with van der Waals surface area (Å²) in [5.41, 5.74) is 0.663. The third-order valence-electron chi connectivity index (χ3n) is 2.60. The molecule has 1 rings (SSSR count). The van der Waals surface area contributed by atoms with Crippen LogP contribution < -0.4 is 5.32 Å². The molecule has 0 saturated heterocycles. The monoisotopic (exact) mass is 312 g/mol. The third-order valence-corrected chi connectivity index (χ3v) is 2.81. The second-order valence-electron chi connectivity index (χ2n) is 5.72. The first-order chi connectivity index (χ1) is 9.69. The van der Waals surface area contributed by atoms with Crippen molar-refractivity contribution in [2.75, 3.05) is 6.54 Å². The average molecular weight is 313 g/mol. The van der Waals surface area contributed by atoms with Gasteiger partial charge in [-0.25, -0.2) is 9.78 Å². The quantitative estimate of drug-likeness (QED) is 0.513. The number of nitrogens with one attached hydrogen (secondary N) is 1. The average Bonchev–Trinajstić information content (AvgIpc) is 2.32. The fourth-order valence-electron chi connectivity index (χ4n) is 1.71. The number of ether oxygens (including phenoxy) is 1. The summed E-state index contributed by atoms with van der Waals surface area (Å²) < 4.78 is 5.10. The van der Waals surface area contributed by atoms with E-state index in [1.807, 2.05) is 0 Å². The number of pyridine rings is 1. The van der Waals surface area contributed by atoms with Crippen molar-refractivity contribution in [1.29, 1.82) is 0 Å². The summed E-state index contributed by atoms with van der Waals surface area (Å²) in [5, 5.41) is 2.99. The van der Waals surface area contributed by atoms with E-state index >= 15 is 0 Å². The normalized spacial score (nSPS) is 11.1. The van der Waals surface area contributed by atoms with Crippen LogP contribution >= 0.6 is 11.6 Å². The Balaban J connectivity index is 2.36. The van der Waals surface area contributed by atoms with Crippen LogP contribution in [0.1, 0.15) is 49.7 Å². The summed E-state index contributed by atoms with van der Waals surface area (Å²) in [6.45, 7) is 7.53. The molecule has 0 atom stereocenters. The molecule has 0 aliphatic heterocycles. The maximum atomic E-state index is 12.0. The van der Waals surface area contributed by atoms with Gasteiger partial charge in [0.2, 0.25) is 0 Å². The van der Waals surface area contributed by atoms with E-state index in [1.165, 1.54) is 0 Å². The van der Waals surface area contributed by atoms with Gasteiger partial charge in [0.15, 0.2) is 5.78 Å². The van der Waals surface area contributed by atoms with E-state index in [0.29, 0.717) is 35.8 Å². The highest BCUT2D eigenvalue weighted by Crippen LogP contribution is 2.13. The van der Waals surface area contributed by atoms with Crippen molar-refractivity contribution in [3.63, 3.8) is 0 Å². The smallest absolute Gasteiger partial charge is 0.407 e. The SMILES string of the molecule is Cc1nc(Cl)ccc1C(=O)CCCNC(=O)OC(C)(C)C. The lowest BCUT2D eigenvalue weighted by Gasteiger charge is -2.19. The first kappa shape index (κ1) is 17.4. The Hall–Kier alpha value is -1.62. The van der Waals surface area contributed by atoms with E-state index in [2.05, 4.69) is 10.3 Å². The number of aryl methyl sites for hydroxylation is 1. The van der Waals surface area contributed by atoms with Crippen molar-refractivity contribution >= 4 is 23.5 Å². The molecule has 0 unspecified atom stereocenters. The van der Waals surface area contributed by atoms with Crippen LogP contribution in [-0.2, 0) is 4.74 Å². The predicted octanol–water partition coefficient (Wildman–Crippen LogP) is 3.53. The van der Waals surface area contributed by atoms with Gasteiger partial charge in [-0.05, 0) is 46.2 Å². The predicted molar refractivity (Wildman–Crippen MR) is 81.8 cm³/mol. The molecule has 0 aromatic carbocycles. The van der Waals surface area contributed by atoms with Crippen LogP contribution in [-0.4, -0.2) is 29.0 Å². The zero-order valence-corrected chi connectivity index (χ0v) is 13.6. The Bertz CT molecular complexity index is 524. The number of carbonyl (C=O) groups is 2. The van der Waals surface area contributed by atoms with E-state index in [-0.39, 0.29) is 5.78 Å². The summed E-state index contributed by atoms with van der Waals surface area (Å²) in [6.07, 6.45) is 0.402. The number of alkyl carbamates (subject to hydrolysis) is 1. The van der Waals surface area contributed by atoms with Crippen LogP contribution in [0.2, 0.25) is 5.15 Å². The minimum atomic E-state index is -0.522. The van der Waals surface area contributed by atoms with Crippen molar-refractivity contribution in [2.45, 2.75) is 46.1 Å². The highest BCUT2D eigenvalue weighted by Gasteiger charge is 2.16. The molecule has 0 fully saturated rings. The summed E-state index contributed by atoms with van der Waals surface area (Å²) in [7, 11) is 0. The van der Waals surface area contributed by atoms with Gasteiger partial charge in [-0.15, -0.1) is 0 Å². The molecule has 1 heterocycles. The van der Waals surface area contributed by atoms with Crippen LogP contribution in [0.25, 0.3) is 0 Å². The van der Waals surface area contributed by atoms with Gasteiger partial charge in [-0.3, -0.25) is 4.79 Å². The minimum Gasteiger partial charge on any atom is -0.444 e. The van der Waals surface area contributed by atoms with Gasteiger partial charge in [-0.2, -0.15) is 0 Å². The number of amides is 1. The Labute approximate surface area is 130 Å². The highest BCUT2D eigenvalue weighted by molar-refractivity contribution is 6.29. The lowest BCUT2D eigenvalue weighted by atomic mass is 10.1. The zero-order chi connectivity index (χ0) is 16.0. The molecule has 6 heteroatoms. The summed E-state index contributed by atoms with van der Waals surface area (Å²) in [5.74, 6) is -0.0114. The Morgan fingerprint density at radius 1 is 1.33 bits per heavy atom. The van der Waals surface area contributed by atoms with Crippen molar-refractivity contribution in [3.05, 3.63) is 28.5 Å². The van der Waals surface area contributed by atoms with Gasteiger partial charge in [-0.1, -0.05) is 11.6 Å². The number of carbonyl (C=O) groups excluding carboxylic acids is 2. The van der Waals surface area contributed by atoms with Gasteiger partial charge in [0.1, 0.15) is 10.8 Å². The lowest BCUT2D eigenvalue weighted by Crippen LogP contribution is -2.33. The van der Waals surface area contributed by atoms with Gasteiger partial charge >= 0.3 is 6.09 Å². The van der Waals surface area contributed by atoms with Gasteiger partial charge in [0.25, 0.3) is 0 Å². The van der Waals surface area contributed by atoms with Crippen LogP contribution in [0.3, 0.4) is 0 Å². The second-order valence-corrected chi connectivity index (χ2v) is 6.11. The van der Waals surface area contributed by atoms with Crippen LogP contribution in [0, 0.1) is 6.92 Å². The molecule has 0 bridgehead atoms. The number of Topliss-reactive ketones (excluding diaryl/α,β-unsaturated/α-hetero) is 1. The number of nitrogens with zero attached hydrogens (tertiary/aromatic N) is 1. The first-order valence-corrected chi connectivity index (χ1v) is 7.20. The molecule has 1 aromatic heterocycles. The molecule has 116 valence electrons. The van der Waals surface area contributed by atoms with Crippen molar-refractivity contribution in [1.82, 2.24) is 10.3 Å². The number of aromatic nitrogens is 1. The van der Waals surface area contributed by atoms with E-state index in [4.69, 9.17) is 16.3 Å². The molecule has 21 heavy (non-hydrogen) atoms. The highest BCUT2D eigenvalue weighted by atomic mass is 35.5. The molecule has 0 aliphatic carbocycles. The molecule has 0 saturated carbocycles. The second kappa shape index (κ2) is 7.41. The Kier molecular flexibility index (Phi) is 6.15. The molecule has 1 aromatic rings.